The monoisotopic (exact) mass is 394 g/mol. The number of hydrogen-bond donors (Lipinski definition) is 1. The van der Waals surface area contributed by atoms with Gasteiger partial charge in [0.2, 0.25) is 0 Å². The van der Waals surface area contributed by atoms with E-state index in [0.29, 0.717) is 5.75 Å². The molecular weight excluding hydrogens is 376 g/mol. The average Bonchev–Trinajstić information content (AvgIpc) is 2.64. The van der Waals surface area contributed by atoms with Gasteiger partial charge >= 0.3 is 5.97 Å². The Morgan fingerprint density at radius 3 is 2.56 bits per heavy atom. The molecule has 27 heavy (non-hydrogen) atoms. The smallest absolute Gasteiger partial charge is 0.303 e. The van der Waals surface area contributed by atoms with Crippen molar-refractivity contribution in [3.05, 3.63) is 58.6 Å². The van der Waals surface area contributed by atoms with Gasteiger partial charge in [-0.25, -0.2) is 8.42 Å². The van der Waals surface area contributed by atoms with E-state index < -0.39 is 31.5 Å². The van der Waals surface area contributed by atoms with E-state index in [1.165, 1.54) is 31.4 Å². The van der Waals surface area contributed by atoms with Crippen molar-refractivity contribution in [1.82, 2.24) is 0 Å². The summed E-state index contributed by atoms with van der Waals surface area (Å²) in [5, 5.41) is 20.1. The van der Waals surface area contributed by atoms with E-state index >= 15 is 0 Å². The van der Waals surface area contributed by atoms with Crippen LogP contribution in [0.1, 0.15) is 12.8 Å². The molecule has 2 aromatic rings. The van der Waals surface area contributed by atoms with Crippen LogP contribution >= 0.6 is 0 Å². The third kappa shape index (κ3) is 4.73. The van der Waals surface area contributed by atoms with Crippen LogP contribution in [0.4, 0.5) is 11.4 Å². The zero-order chi connectivity index (χ0) is 20.0. The molecule has 0 amide bonds. The zero-order valence-electron chi connectivity index (χ0n) is 14.4. The van der Waals surface area contributed by atoms with Crippen LogP contribution in [0.3, 0.4) is 0 Å². The van der Waals surface area contributed by atoms with Crippen LogP contribution in [0, 0.1) is 10.1 Å². The molecule has 10 heteroatoms. The molecule has 0 unspecified atom stereocenters. The van der Waals surface area contributed by atoms with Crippen LogP contribution in [0.2, 0.25) is 0 Å². The second kappa shape index (κ2) is 8.49. The van der Waals surface area contributed by atoms with Gasteiger partial charge in [0.15, 0.2) is 4.90 Å². The average molecular weight is 394 g/mol. The first kappa shape index (κ1) is 20.2. The number of para-hydroxylation sites is 1. The van der Waals surface area contributed by atoms with Crippen molar-refractivity contribution < 1.29 is 28.0 Å². The fraction of sp³-hybridized carbons (Fsp3) is 0.235. The minimum atomic E-state index is -4.31. The Bertz CT molecular complexity index is 944. The molecule has 144 valence electrons. The normalized spacial score (nSPS) is 11.0. The second-order valence-electron chi connectivity index (χ2n) is 5.50. The van der Waals surface area contributed by atoms with Gasteiger partial charge in [0.05, 0.1) is 17.7 Å². The van der Waals surface area contributed by atoms with Crippen molar-refractivity contribution in [3.8, 4) is 5.75 Å². The molecular formula is C17H18N2O7S. The molecule has 2 aromatic carbocycles. The number of sulfonamides is 1. The van der Waals surface area contributed by atoms with Crippen LogP contribution in [-0.2, 0) is 14.8 Å². The number of nitrogens with zero attached hydrogens (tertiary/aromatic N) is 2. The molecule has 0 atom stereocenters. The summed E-state index contributed by atoms with van der Waals surface area (Å²) in [5.41, 5.74) is -0.332. The van der Waals surface area contributed by atoms with Gasteiger partial charge in [0.25, 0.3) is 15.7 Å². The number of carbonyl (C=O) groups is 1. The highest BCUT2D eigenvalue weighted by Crippen LogP contribution is 2.31. The standard InChI is InChI=1S/C17H18N2O7S/c1-26-14-7-4-6-13(12-14)18(11-5-10-17(20)21)27(24,25)16-9-3-2-8-15(16)19(22)23/h2-4,6-9,12H,5,10-11H2,1H3,(H,20,21). The molecule has 0 aliphatic carbocycles. The lowest BCUT2D eigenvalue weighted by Crippen LogP contribution is -2.32. The first-order valence-electron chi connectivity index (χ1n) is 7.89. The quantitative estimate of drug-likeness (QED) is 0.511. The summed E-state index contributed by atoms with van der Waals surface area (Å²) in [7, 11) is -2.89. The van der Waals surface area contributed by atoms with Crippen LogP contribution in [-0.4, -0.2) is 38.1 Å². The topological polar surface area (TPSA) is 127 Å². The van der Waals surface area contributed by atoms with Gasteiger partial charge in [-0.3, -0.25) is 19.2 Å². The van der Waals surface area contributed by atoms with E-state index in [1.807, 2.05) is 0 Å². The first-order valence-corrected chi connectivity index (χ1v) is 9.33. The van der Waals surface area contributed by atoms with Gasteiger partial charge in [-0.2, -0.15) is 0 Å². The van der Waals surface area contributed by atoms with Crippen molar-refractivity contribution in [3.63, 3.8) is 0 Å². The number of carboxylic acids is 1. The van der Waals surface area contributed by atoms with Gasteiger partial charge in [-0.15, -0.1) is 0 Å². The number of anilines is 1. The molecule has 0 heterocycles. The minimum Gasteiger partial charge on any atom is -0.497 e. The Balaban J connectivity index is 2.54. The van der Waals surface area contributed by atoms with Crippen LogP contribution in [0.5, 0.6) is 5.75 Å². The summed E-state index contributed by atoms with van der Waals surface area (Å²) in [6.07, 6.45) is -0.209. The number of benzene rings is 2. The fourth-order valence-corrected chi connectivity index (χ4v) is 4.13. The third-order valence-electron chi connectivity index (χ3n) is 3.72. The number of carboxylic acid groups (broad SMARTS) is 1. The lowest BCUT2D eigenvalue weighted by Gasteiger charge is -2.24. The summed E-state index contributed by atoms with van der Waals surface area (Å²) in [5.74, 6) is -0.669. The van der Waals surface area contributed by atoms with E-state index in [1.54, 1.807) is 12.1 Å². The molecule has 9 nitrogen and oxygen atoms in total. The maximum absolute atomic E-state index is 13.2. The maximum atomic E-state index is 13.2. The highest BCUT2D eigenvalue weighted by atomic mass is 32.2. The summed E-state index contributed by atoms with van der Waals surface area (Å²) in [6.45, 7) is -0.159. The minimum absolute atomic E-state index is 0.0341. The Kier molecular flexibility index (Phi) is 6.35. The molecule has 0 fully saturated rings. The largest absolute Gasteiger partial charge is 0.497 e. The van der Waals surface area contributed by atoms with Gasteiger partial charge in [-0.1, -0.05) is 18.2 Å². The number of nitro benzene ring substituents is 1. The molecule has 0 aromatic heterocycles. The van der Waals surface area contributed by atoms with Crippen molar-refractivity contribution in [2.45, 2.75) is 17.7 Å². The molecule has 0 saturated heterocycles. The molecule has 0 radical (unpaired) electrons. The van der Waals surface area contributed by atoms with Gasteiger partial charge in [0.1, 0.15) is 5.75 Å². The van der Waals surface area contributed by atoms with Crippen molar-refractivity contribution >= 4 is 27.4 Å². The van der Waals surface area contributed by atoms with E-state index in [-0.39, 0.29) is 25.1 Å². The highest BCUT2D eigenvalue weighted by Gasteiger charge is 2.31. The van der Waals surface area contributed by atoms with Gasteiger partial charge in [0, 0.05) is 25.1 Å². The number of aliphatic carboxylic acids is 1. The predicted molar refractivity (Wildman–Crippen MR) is 97.5 cm³/mol. The Hall–Kier alpha value is -3.14. The number of methoxy groups -OCH3 is 1. The molecule has 0 aliphatic heterocycles. The number of ether oxygens (including phenoxy) is 1. The number of hydrogen-bond acceptors (Lipinski definition) is 6. The number of nitro groups is 1. The SMILES string of the molecule is COc1cccc(N(CCCC(=O)O)S(=O)(=O)c2ccccc2[N+](=O)[O-])c1. The molecule has 0 spiro atoms. The second-order valence-corrected chi connectivity index (χ2v) is 7.33. The molecule has 0 saturated carbocycles. The van der Waals surface area contributed by atoms with Crippen LogP contribution < -0.4 is 9.04 Å². The third-order valence-corrected chi connectivity index (χ3v) is 5.60. The highest BCUT2D eigenvalue weighted by molar-refractivity contribution is 7.93. The summed E-state index contributed by atoms with van der Waals surface area (Å²) in [6, 6.07) is 11.2. The Labute approximate surface area is 156 Å². The van der Waals surface area contributed by atoms with E-state index in [0.717, 1.165) is 16.4 Å². The van der Waals surface area contributed by atoms with Gasteiger partial charge < -0.3 is 9.84 Å². The molecule has 0 aliphatic rings. The zero-order valence-corrected chi connectivity index (χ0v) is 15.3. The summed E-state index contributed by atoms with van der Waals surface area (Å²) >= 11 is 0. The van der Waals surface area contributed by atoms with E-state index in [4.69, 9.17) is 9.84 Å². The first-order chi connectivity index (χ1) is 12.8. The Morgan fingerprint density at radius 2 is 1.93 bits per heavy atom. The molecule has 1 N–H and O–H groups in total. The number of rotatable bonds is 9. The van der Waals surface area contributed by atoms with Crippen molar-refractivity contribution in [1.29, 1.82) is 0 Å². The molecule has 2 rings (SSSR count). The van der Waals surface area contributed by atoms with Gasteiger partial charge in [-0.05, 0) is 24.6 Å². The van der Waals surface area contributed by atoms with Crippen molar-refractivity contribution in [2.75, 3.05) is 18.0 Å². The fourth-order valence-electron chi connectivity index (χ4n) is 2.47. The lowest BCUT2D eigenvalue weighted by molar-refractivity contribution is -0.387. The maximum Gasteiger partial charge on any atom is 0.303 e. The van der Waals surface area contributed by atoms with E-state index in [9.17, 15) is 23.3 Å². The van der Waals surface area contributed by atoms with Crippen LogP contribution in [0.15, 0.2) is 53.4 Å². The molecule has 0 bridgehead atoms. The Morgan fingerprint density at radius 1 is 1.22 bits per heavy atom. The summed E-state index contributed by atoms with van der Waals surface area (Å²) < 4.78 is 32.4. The van der Waals surface area contributed by atoms with Crippen molar-refractivity contribution in [2.24, 2.45) is 0 Å². The van der Waals surface area contributed by atoms with Crippen LogP contribution in [0.25, 0.3) is 0 Å². The summed E-state index contributed by atoms with van der Waals surface area (Å²) in [4.78, 5) is 20.8. The van der Waals surface area contributed by atoms with E-state index in [2.05, 4.69) is 0 Å². The lowest BCUT2D eigenvalue weighted by atomic mass is 10.2. The predicted octanol–water partition coefficient (Wildman–Crippen LogP) is 2.66.